The van der Waals surface area contributed by atoms with Crippen molar-refractivity contribution in [1.29, 1.82) is 0 Å². The summed E-state index contributed by atoms with van der Waals surface area (Å²) in [5.74, 6) is -1.57. The van der Waals surface area contributed by atoms with Crippen molar-refractivity contribution in [3.63, 3.8) is 0 Å². The molecule has 1 aromatic heterocycles. The number of hydrogen-bond donors (Lipinski definition) is 0. The average Bonchev–Trinajstić information content (AvgIpc) is 3.47. The Morgan fingerprint density at radius 3 is 1.33 bits per heavy atom. The molecule has 0 N–H and O–H groups in total. The zero-order chi connectivity index (χ0) is 20.3. The molecule has 0 atom stereocenters. The number of benzene rings is 2. The minimum Gasteiger partial charge on any atom is -0.343 e. The molecule has 5 heteroatoms. The van der Waals surface area contributed by atoms with Gasteiger partial charge in [0.25, 0.3) is 0 Å². The Morgan fingerprint density at radius 2 is 0.933 bits per heavy atom. The van der Waals surface area contributed by atoms with Gasteiger partial charge in [-0.3, -0.25) is 4.98 Å². The van der Waals surface area contributed by atoms with Gasteiger partial charge in [0.15, 0.2) is 0 Å². The largest absolute Gasteiger partial charge is 0.343 e. The Hall–Kier alpha value is -2.57. The summed E-state index contributed by atoms with van der Waals surface area (Å²) in [5, 5.41) is 0. The van der Waals surface area contributed by atoms with Crippen molar-refractivity contribution in [3.8, 4) is 0 Å². The standard InChI is InChI=1S/C25H25NO4/c1-3-8-20(9-4-1)24(27-14-15-28-24)18-22-12-7-13-23(26-22)19-25(29-16-17-30-25)21-10-5-2-6-11-21/h1-13H,14-19H2. The monoisotopic (exact) mass is 403 g/mol. The second kappa shape index (κ2) is 8.28. The molecule has 0 unspecified atom stereocenters. The lowest BCUT2D eigenvalue weighted by Crippen LogP contribution is -2.32. The summed E-state index contributed by atoms with van der Waals surface area (Å²) in [5.41, 5.74) is 3.86. The van der Waals surface area contributed by atoms with Crippen LogP contribution in [0.2, 0.25) is 0 Å². The fourth-order valence-electron chi connectivity index (χ4n) is 4.24. The smallest absolute Gasteiger partial charge is 0.200 e. The maximum Gasteiger partial charge on any atom is 0.200 e. The average molecular weight is 403 g/mol. The Bertz CT molecular complexity index is 888. The second-order valence-corrected chi connectivity index (χ2v) is 7.61. The van der Waals surface area contributed by atoms with Crippen LogP contribution in [0, 0.1) is 0 Å². The van der Waals surface area contributed by atoms with Gasteiger partial charge < -0.3 is 18.9 Å². The molecule has 2 aliphatic rings. The first-order chi connectivity index (χ1) is 14.8. The Balaban J connectivity index is 1.42. The number of hydrogen-bond acceptors (Lipinski definition) is 5. The highest BCUT2D eigenvalue weighted by atomic mass is 16.7. The summed E-state index contributed by atoms with van der Waals surface area (Å²) < 4.78 is 24.3. The first-order valence-electron chi connectivity index (χ1n) is 10.4. The molecule has 2 aliphatic heterocycles. The van der Waals surface area contributed by atoms with E-state index in [1.165, 1.54) is 0 Å². The molecule has 154 valence electrons. The van der Waals surface area contributed by atoms with E-state index in [4.69, 9.17) is 23.9 Å². The number of ether oxygens (including phenoxy) is 4. The number of rotatable bonds is 6. The van der Waals surface area contributed by atoms with Crippen LogP contribution >= 0.6 is 0 Å². The van der Waals surface area contributed by atoms with Crippen LogP contribution in [0.1, 0.15) is 22.5 Å². The number of nitrogens with zero attached hydrogens (tertiary/aromatic N) is 1. The van der Waals surface area contributed by atoms with E-state index >= 15 is 0 Å². The Labute approximate surface area is 176 Å². The van der Waals surface area contributed by atoms with Crippen LogP contribution in [0.4, 0.5) is 0 Å². The lowest BCUT2D eigenvalue weighted by molar-refractivity contribution is -0.166. The summed E-state index contributed by atoms with van der Waals surface area (Å²) in [6.07, 6.45) is 1.09. The highest BCUT2D eigenvalue weighted by Crippen LogP contribution is 2.36. The summed E-state index contributed by atoms with van der Waals surface area (Å²) in [6.45, 7) is 2.31. The summed E-state index contributed by atoms with van der Waals surface area (Å²) in [6, 6.07) is 26.2. The highest BCUT2D eigenvalue weighted by molar-refractivity contribution is 5.26. The minimum absolute atomic E-state index is 0.547. The predicted molar refractivity (Wildman–Crippen MR) is 112 cm³/mol. The topological polar surface area (TPSA) is 49.8 Å². The quantitative estimate of drug-likeness (QED) is 0.623. The van der Waals surface area contributed by atoms with Gasteiger partial charge in [0.2, 0.25) is 11.6 Å². The van der Waals surface area contributed by atoms with E-state index in [9.17, 15) is 0 Å². The third-order valence-electron chi connectivity index (χ3n) is 5.63. The van der Waals surface area contributed by atoms with Gasteiger partial charge in [-0.2, -0.15) is 0 Å². The van der Waals surface area contributed by atoms with Crippen molar-refractivity contribution in [2.24, 2.45) is 0 Å². The van der Waals surface area contributed by atoms with Crippen molar-refractivity contribution < 1.29 is 18.9 Å². The molecule has 2 saturated heterocycles. The van der Waals surface area contributed by atoms with E-state index < -0.39 is 11.6 Å². The molecule has 0 bridgehead atoms. The van der Waals surface area contributed by atoms with E-state index in [2.05, 4.69) is 0 Å². The molecule has 3 heterocycles. The SMILES string of the molecule is c1ccc(C2(Cc3cccc(CC4(c5ccccc5)OCCO4)n3)OCCO2)cc1. The summed E-state index contributed by atoms with van der Waals surface area (Å²) >= 11 is 0. The van der Waals surface area contributed by atoms with Crippen LogP contribution in [-0.4, -0.2) is 31.4 Å². The van der Waals surface area contributed by atoms with Gasteiger partial charge in [-0.15, -0.1) is 0 Å². The lowest BCUT2D eigenvalue weighted by atomic mass is 9.98. The van der Waals surface area contributed by atoms with E-state index in [0.29, 0.717) is 39.3 Å². The first-order valence-corrected chi connectivity index (χ1v) is 10.4. The molecule has 0 spiro atoms. The minimum atomic E-state index is -0.787. The molecule has 0 saturated carbocycles. The molecule has 3 aromatic rings. The van der Waals surface area contributed by atoms with Crippen molar-refractivity contribution in [2.75, 3.05) is 26.4 Å². The van der Waals surface area contributed by atoms with Crippen LogP contribution < -0.4 is 0 Å². The number of aromatic nitrogens is 1. The maximum atomic E-state index is 6.08. The molecule has 5 rings (SSSR count). The molecular formula is C25H25NO4. The molecule has 5 nitrogen and oxygen atoms in total. The van der Waals surface area contributed by atoms with Gasteiger partial charge >= 0.3 is 0 Å². The second-order valence-electron chi connectivity index (χ2n) is 7.61. The normalized spacial score (nSPS) is 19.7. The van der Waals surface area contributed by atoms with E-state index in [1.807, 2.05) is 78.9 Å². The summed E-state index contributed by atoms with van der Waals surface area (Å²) in [7, 11) is 0. The van der Waals surface area contributed by atoms with Gasteiger partial charge in [0.1, 0.15) is 0 Å². The molecule has 2 fully saturated rings. The molecule has 0 amide bonds. The van der Waals surface area contributed by atoms with Crippen LogP contribution in [-0.2, 0) is 43.4 Å². The molecule has 0 aliphatic carbocycles. The van der Waals surface area contributed by atoms with Gasteiger partial charge in [-0.25, -0.2) is 0 Å². The lowest BCUT2D eigenvalue weighted by Gasteiger charge is -2.29. The fraction of sp³-hybridized carbons (Fsp3) is 0.320. The Kier molecular flexibility index (Phi) is 5.35. The third-order valence-corrected chi connectivity index (χ3v) is 5.63. The van der Waals surface area contributed by atoms with Gasteiger partial charge in [0, 0.05) is 35.4 Å². The maximum absolute atomic E-state index is 6.08. The summed E-state index contributed by atoms with van der Waals surface area (Å²) in [4.78, 5) is 4.92. The van der Waals surface area contributed by atoms with Crippen LogP contribution in [0.3, 0.4) is 0 Å². The highest BCUT2D eigenvalue weighted by Gasteiger charge is 2.41. The van der Waals surface area contributed by atoms with Crippen molar-refractivity contribution in [1.82, 2.24) is 4.98 Å². The number of pyridine rings is 1. The van der Waals surface area contributed by atoms with Gasteiger partial charge in [-0.1, -0.05) is 66.7 Å². The van der Waals surface area contributed by atoms with Gasteiger partial charge in [0.05, 0.1) is 26.4 Å². The van der Waals surface area contributed by atoms with E-state index in [1.54, 1.807) is 0 Å². The van der Waals surface area contributed by atoms with E-state index in [0.717, 1.165) is 22.5 Å². The first kappa shape index (κ1) is 19.4. The molecule has 30 heavy (non-hydrogen) atoms. The van der Waals surface area contributed by atoms with Crippen molar-refractivity contribution in [2.45, 2.75) is 24.4 Å². The van der Waals surface area contributed by atoms with Crippen molar-refractivity contribution in [3.05, 3.63) is 101 Å². The fourth-order valence-corrected chi connectivity index (χ4v) is 4.24. The molecule has 2 aromatic carbocycles. The van der Waals surface area contributed by atoms with Gasteiger partial charge in [-0.05, 0) is 12.1 Å². The van der Waals surface area contributed by atoms with Crippen LogP contribution in [0.5, 0.6) is 0 Å². The van der Waals surface area contributed by atoms with E-state index in [-0.39, 0.29) is 0 Å². The third kappa shape index (κ3) is 3.77. The molecule has 0 radical (unpaired) electrons. The molecular weight excluding hydrogens is 378 g/mol. The van der Waals surface area contributed by atoms with Crippen LogP contribution in [0.15, 0.2) is 78.9 Å². The Morgan fingerprint density at radius 1 is 0.533 bits per heavy atom. The van der Waals surface area contributed by atoms with Crippen LogP contribution in [0.25, 0.3) is 0 Å². The predicted octanol–water partition coefficient (Wildman–Crippen LogP) is 3.97. The zero-order valence-corrected chi connectivity index (χ0v) is 16.8. The van der Waals surface area contributed by atoms with Crippen molar-refractivity contribution >= 4 is 0 Å². The zero-order valence-electron chi connectivity index (χ0n) is 16.8.